The molecule has 0 fully saturated rings. The van der Waals surface area contributed by atoms with Gasteiger partial charge < -0.3 is 4.74 Å². The second kappa shape index (κ2) is 5.94. The van der Waals surface area contributed by atoms with Crippen molar-refractivity contribution in [2.45, 2.75) is 26.3 Å². The van der Waals surface area contributed by atoms with Gasteiger partial charge >= 0.3 is 5.97 Å². The third-order valence-electron chi connectivity index (χ3n) is 3.41. The van der Waals surface area contributed by atoms with E-state index in [0.29, 0.717) is 11.7 Å². The summed E-state index contributed by atoms with van der Waals surface area (Å²) >= 11 is 6.09. The van der Waals surface area contributed by atoms with E-state index in [0.717, 1.165) is 35.5 Å². The molecule has 1 unspecified atom stereocenters. The van der Waals surface area contributed by atoms with Crippen LogP contribution in [0.3, 0.4) is 0 Å². The number of nitrogens with zero attached hydrogens (tertiary/aromatic N) is 2. The fourth-order valence-electron chi connectivity index (χ4n) is 2.57. The molecule has 1 aromatic rings. The zero-order valence-corrected chi connectivity index (χ0v) is 12.8. The lowest BCUT2D eigenvalue weighted by molar-refractivity contribution is -0.143. The van der Waals surface area contributed by atoms with Crippen molar-refractivity contribution in [3.05, 3.63) is 40.2 Å². The van der Waals surface area contributed by atoms with Crippen molar-refractivity contribution in [2.24, 2.45) is 0 Å². The van der Waals surface area contributed by atoms with Crippen molar-refractivity contribution in [3.63, 3.8) is 0 Å². The van der Waals surface area contributed by atoms with E-state index in [1.807, 2.05) is 19.9 Å². The molecule has 0 aromatic carbocycles. The molecule has 1 aromatic heterocycles. The Bertz CT molecular complexity index is 557. The number of halogens is 1. The number of esters is 1. The molecule has 2 rings (SSSR count). The van der Waals surface area contributed by atoms with E-state index in [-0.39, 0.29) is 11.9 Å². The van der Waals surface area contributed by atoms with Crippen molar-refractivity contribution in [1.29, 1.82) is 0 Å². The van der Waals surface area contributed by atoms with Gasteiger partial charge in [0.05, 0.1) is 12.8 Å². The molecular formula is C15H19ClN2O2. The van der Waals surface area contributed by atoms with Crippen molar-refractivity contribution in [3.8, 4) is 0 Å². The Hall–Kier alpha value is -1.39. The predicted octanol–water partition coefficient (Wildman–Crippen LogP) is 2.69. The van der Waals surface area contributed by atoms with Gasteiger partial charge in [0.15, 0.2) is 0 Å². The minimum Gasteiger partial charge on any atom is -0.468 e. The van der Waals surface area contributed by atoms with Crippen LogP contribution in [-0.4, -0.2) is 36.1 Å². The number of ether oxygens (including phenoxy) is 1. The molecule has 4 nitrogen and oxygen atoms in total. The van der Waals surface area contributed by atoms with Crippen LogP contribution in [0.25, 0.3) is 0 Å². The molecule has 0 saturated carbocycles. The minimum atomic E-state index is -0.388. The van der Waals surface area contributed by atoms with Gasteiger partial charge in [-0.25, -0.2) is 4.98 Å². The van der Waals surface area contributed by atoms with Crippen molar-refractivity contribution in [1.82, 2.24) is 9.88 Å². The maximum Gasteiger partial charge on any atom is 0.316 e. The molecule has 0 saturated heterocycles. The fourth-order valence-corrected chi connectivity index (χ4v) is 2.72. The van der Waals surface area contributed by atoms with Gasteiger partial charge in [-0.15, -0.1) is 0 Å². The van der Waals surface area contributed by atoms with Crippen LogP contribution in [-0.2, 0) is 16.1 Å². The van der Waals surface area contributed by atoms with E-state index in [2.05, 4.69) is 16.5 Å². The fraction of sp³-hybridized carbons (Fsp3) is 0.467. The smallest absolute Gasteiger partial charge is 0.316 e. The van der Waals surface area contributed by atoms with Gasteiger partial charge in [0.1, 0.15) is 11.1 Å². The molecule has 20 heavy (non-hydrogen) atoms. The van der Waals surface area contributed by atoms with Crippen molar-refractivity contribution >= 4 is 17.6 Å². The number of fused-ring (bicyclic) bond motifs is 1. The number of methoxy groups -OCH3 is 1. The summed E-state index contributed by atoms with van der Waals surface area (Å²) in [6, 6.07) is 2.01. The highest BCUT2D eigenvalue weighted by Gasteiger charge is 2.33. The average Bonchev–Trinajstić information content (AvgIpc) is 2.38. The van der Waals surface area contributed by atoms with Crippen molar-refractivity contribution in [2.75, 3.05) is 20.2 Å². The third kappa shape index (κ3) is 3.02. The second-order valence-corrected chi connectivity index (χ2v) is 5.70. The van der Waals surface area contributed by atoms with Crippen LogP contribution in [0.1, 0.15) is 29.7 Å². The molecule has 5 heteroatoms. The van der Waals surface area contributed by atoms with Crippen LogP contribution >= 0.6 is 11.6 Å². The molecule has 0 radical (unpaired) electrons. The summed E-state index contributed by atoms with van der Waals surface area (Å²) in [5, 5.41) is 0.450. The van der Waals surface area contributed by atoms with Crippen molar-refractivity contribution < 1.29 is 9.53 Å². The quantitative estimate of drug-likeness (QED) is 0.488. The molecular weight excluding hydrogens is 276 g/mol. The molecule has 1 aliphatic heterocycles. The number of aromatic nitrogens is 1. The highest BCUT2D eigenvalue weighted by atomic mass is 35.5. The average molecular weight is 295 g/mol. The monoisotopic (exact) mass is 294 g/mol. The summed E-state index contributed by atoms with van der Waals surface area (Å²) in [5.74, 6) is -0.661. The zero-order valence-electron chi connectivity index (χ0n) is 12.1. The highest BCUT2D eigenvalue weighted by Crippen LogP contribution is 2.30. The van der Waals surface area contributed by atoms with Crippen LogP contribution in [0.4, 0.5) is 0 Å². The lowest BCUT2D eigenvalue weighted by Crippen LogP contribution is -2.38. The summed E-state index contributed by atoms with van der Waals surface area (Å²) in [5.41, 5.74) is 3.77. The van der Waals surface area contributed by atoms with Crippen LogP contribution in [0, 0.1) is 6.92 Å². The van der Waals surface area contributed by atoms with Crippen LogP contribution in [0.15, 0.2) is 18.2 Å². The SMILES string of the molecule is C=C(C)CN1Cc2cc(C)c(Cl)nc2C(C(=O)OC)C1. The Balaban J connectivity index is 2.40. The number of carbonyl (C=O) groups excluding carboxylic acids is 1. The first kappa shape index (κ1) is 15.0. The van der Waals surface area contributed by atoms with E-state index in [1.54, 1.807) is 0 Å². The summed E-state index contributed by atoms with van der Waals surface area (Å²) in [7, 11) is 1.40. The molecule has 2 heterocycles. The van der Waals surface area contributed by atoms with E-state index in [9.17, 15) is 4.79 Å². The summed E-state index contributed by atoms with van der Waals surface area (Å²) in [4.78, 5) is 18.6. The Labute approximate surface area is 124 Å². The van der Waals surface area contributed by atoms with Crippen LogP contribution in [0.2, 0.25) is 5.15 Å². The Kier molecular flexibility index (Phi) is 4.45. The minimum absolute atomic E-state index is 0.273. The first-order valence-electron chi connectivity index (χ1n) is 6.52. The largest absolute Gasteiger partial charge is 0.468 e. The van der Waals surface area contributed by atoms with Gasteiger partial charge in [-0.05, 0) is 31.0 Å². The summed E-state index contributed by atoms with van der Waals surface area (Å²) in [6.45, 7) is 9.92. The number of hydrogen-bond acceptors (Lipinski definition) is 4. The molecule has 0 bridgehead atoms. The van der Waals surface area contributed by atoms with Gasteiger partial charge in [-0.1, -0.05) is 23.8 Å². The van der Waals surface area contributed by atoms with Gasteiger partial charge in [0.2, 0.25) is 0 Å². The van der Waals surface area contributed by atoms with Gasteiger partial charge in [-0.2, -0.15) is 0 Å². The van der Waals surface area contributed by atoms with E-state index >= 15 is 0 Å². The maximum atomic E-state index is 12.0. The highest BCUT2D eigenvalue weighted by molar-refractivity contribution is 6.30. The zero-order chi connectivity index (χ0) is 14.9. The third-order valence-corrected chi connectivity index (χ3v) is 3.79. The molecule has 108 valence electrons. The number of aryl methyl sites for hydroxylation is 1. The lowest BCUT2D eigenvalue weighted by atomic mass is 9.93. The van der Waals surface area contributed by atoms with Gasteiger partial charge in [-0.3, -0.25) is 9.69 Å². The molecule has 0 spiro atoms. The number of rotatable bonds is 3. The standard InChI is InChI=1S/C15H19ClN2O2/c1-9(2)6-18-7-11-5-10(3)14(16)17-13(11)12(8-18)15(19)20-4/h5,12H,1,6-8H2,2-4H3. The van der Waals surface area contributed by atoms with Gasteiger partial charge in [0, 0.05) is 19.6 Å². The maximum absolute atomic E-state index is 12.0. The molecule has 1 atom stereocenters. The first-order chi connectivity index (χ1) is 9.42. The van der Waals surface area contributed by atoms with Crippen LogP contribution in [0.5, 0.6) is 0 Å². The number of carbonyl (C=O) groups is 1. The lowest BCUT2D eigenvalue weighted by Gasteiger charge is -2.33. The Morgan fingerprint density at radius 2 is 2.35 bits per heavy atom. The molecule has 1 aliphatic rings. The van der Waals surface area contributed by atoms with Gasteiger partial charge in [0.25, 0.3) is 0 Å². The van der Waals surface area contributed by atoms with E-state index < -0.39 is 0 Å². The summed E-state index contributed by atoms with van der Waals surface area (Å²) < 4.78 is 4.90. The molecule has 0 amide bonds. The normalized spacial score (nSPS) is 18.5. The molecule has 0 aliphatic carbocycles. The molecule has 0 N–H and O–H groups in total. The van der Waals surface area contributed by atoms with Crippen LogP contribution < -0.4 is 0 Å². The first-order valence-corrected chi connectivity index (χ1v) is 6.90. The summed E-state index contributed by atoms with van der Waals surface area (Å²) in [6.07, 6.45) is 0. The van der Waals surface area contributed by atoms with E-state index in [1.165, 1.54) is 7.11 Å². The Morgan fingerprint density at radius 1 is 1.65 bits per heavy atom. The second-order valence-electron chi connectivity index (χ2n) is 5.34. The number of hydrogen-bond donors (Lipinski definition) is 0. The predicted molar refractivity (Wildman–Crippen MR) is 78.8 cm³/mol. The Morgan fingerprint density at radius 3 is 2.95 bits per heavy atom. The number of pyridine rings is 1. The topological polar surface area (TPSA) is 42.4 Å². The van der Waals surface area contributed by atoms with E-state index in [4.69, 9.17) is 16.3 Å².